The van der Waals surface area contributed by atoms with Crippen LogP contribution in [0.2, 0.25) is 0 Å². The number of carbonyl (C=O) groups is 1. The molecule has 0 saturated carbocycles. The Morgan fingerprint density at radius 3 is 2.81 bits per heavy atom. The smallest absolute Gasteiger partial charge is 0.416 e. The minimum absolute atomic E-state index is 0.106. The molecule has 1 aliphatic rings. The van der Waals surface area contributed by atoms with Crippen LogP contribution in [0.3, 0.4) is 0 Å². The van der Waals surface area contributed by atoms with E-state index in [1.165, 1.54) is 17.0 Å². The summed E-state index contributed by atoms with van der Waals surface area (Å²) in [7, 11) is 0. The molecule has 1 N–H and O–H groups in total. The van der Waals surface area contributed by atoms with Crippen LogP contribution in [0.5, 0.6) is 5.88 Å². The summed E-state index contributed by atoms with van der Waals surface area (Å²) in [5.74, 6) is 0.487. The summed E-state index contributed by atoms with van der Waals surface area (Å²) in [4.78, 5) is 18.0. The van der Waals surface area contributed by atoms with Gasteiger partial charge in [0, 0.05) is 30.9 Å². The van der Waals surface area contributed by atoms with Crippen molar-refractivity contribution in [3.63, 3.8) is 0 Å². The number of hydrogen-bond acceptors (Lipinski definition) is 3. The predicted octanol–water partition coefficient (Wildman–Crippen LogP) is 4.09. The monoisotopic (exact) mass is 365 g/mol. The van der Waals surface area contributed by atoms with E-state index < -0.39 is 17.8 Å². The molecule has 8 heteroatoms. The molecule has 2 aromatic rings. The van der Waals surface area contributed by atoms with Gasteiger partial charge in [-0.05, 0) is 30.7 Å². The zero-order valence-electron chi connectivity index (χ0n) is 14.1. The van der Waals surface area contributed by atoms with E-state index in [0.29, 0.717) is 25.4 Å². The molecule has 2 heterocycles. The van der Waals surface area contributed by atoms with Crippen molar-refractivity contribution < 1.29 is 22.7 Å². The average Bonchev–Trinajstić information content (AvgIpc) is 3.05. The van der Waals surface area contributed by atoms with Gasteiger partial charge in [0.2, 0.25) is 5.88 Å². The SMILES string of the molecule is Cc1ccc(OC2CCN(C(=O)Nc3cccc(C(F)(F)F)c3)C2)nc1. The Kier molecular flexibility index (Phi) is 5.01. The van der Waals surface area contributed by atoms with E-state index in [-0.39, 0.29) is 11.8 Å². The number of ether oxygens (including phenoxy) is 1. The Morgan fingerprint density at radius 2 is 2.12 bits per heavy atom. The molecule has 0 aliphatic carbocycles. The van der Waals surface area contributed by atoms with Crippen LogP contribution in [0.1, 0.15) is 17.5 Å². The first-order valence-electron chi connectivity index (χ1n) is 8.14. The minimum atomic E-state index is -4.45. The second-order valence-electron chi connectivity index (χ2n) is 6.16. The van der Waals surface area contributed by atoms with Crippen molar-refractivity contribution in [1.29, 1.82) is 0 Å². The molecule has 2 amide bonds. The van der Waals surface area contributed by atoms with Gasteiger partial charge in [0.1, 0.15) is 6.10 Å². The van der Waals surface area contributed by atoms with Gasteiger partial charge in [0.05, 0.1) is 12.1 Å². The fraction of sp³-hybridized carbons (Fsp3) is 0.333. The zero-order valence-corrected chi connectivity index (χ0v) is 14.1. The predicted molar refractivity (Wildman–Crippen MR) is 90.0 cm³/mol. The van der Waals surface area contributed by atoms with E-state index in [9.17, 15) is 18.0 Å². The van der Waals surface area contributed by atoms with Crippen molar-refractivity contribution in [3.05, 3.63) is 53.7 Å². The van der Waals surface area contributed by atoms with Gasteiger partial charge in [-0.25, -0.2) is 9.78 Å². The number of nitrogens with zero attached hydrogens (tertiary/aromatic N) is 2. The summed E-state index contributed by atoms with van der Waals surface area (Å²) in [5.41, 5.74) is 0.323. The maximum atomic E-state index is 12.7. The molecule has 1 atom stereocenters. The molecular formula is C18H18F3N3O2. The molecule has 1 fully saturated rings. The van der Waals surface area contributed by atoms with Gasteiger partial charge in [-0.2, -0.15) is 13.2 Å². The Hall–Kier alpha value is -2.77. The van der Waals surface area contributed by atoms with Crippen LogP contribution >= 0.6 is 0 Å². The molecule has 1 aliphatic heterocycles. The first-order chi connectivity index (χ1) is 12.3. The molecule has 1 saturated heterocycles. The first kappa shape index (κ1) is 18.0. The van der Waals surface area contributed by atoms with Crippen LogP contribution in [0, 0.1) is 6.92 Å². The lowest BCUT2D eigenvalue weighted by Crippen LogP contribution is -2.34. The number of nitrogens with one attached hydrogen (secondary N) is 1. The van der Waals surface area contributed by atoms with Crippen molar-refractivity contribution >= 4 is 11.7 Å². The molecule has 0 bridgehead atoms. The number of pyridine rings is 1. The fourth-order valence-corrected chi connectivity index (χ4v) is 2.68. The third-order valence-corrected chi connectivity index (χ3v) is 4.05. The molecule has 26 heavy (non-hydrogen) atoms. The fourth-order valence-electron chi connectivity index (χ4n) is 2.68. The Bertz CT molecular complexity index is 778. The number of rotatable bonds is 3. The Morgan fingerprint density at radius 1 is 1.31 bits per heavy atom. The summed E-state index contributed by atoms with van der Waals surface area (Å²) in [6.45, 7) is 2.73. The topological polar surface area (TPSA) is 54.5 Å². The van der Waals surface area contributed by atoms with E-state index in [0.717, 1.165) is 17.7 Å². The zero-order chi connectivity index (χ0) is 18.7. The Balaban J connectivity index is 1.57. The highest BCUT2D eigenvalue weighted by atomic mass is 19.4. The third-order valence-electron chi connectivity index (χ3n) is 4.05. The number of aryl methyl sites for hydroxylation is 1. The summed E-state index contributed by atoms with van der Waals surface area (Å²) in [6.07, 6.45) is -2.32. The van der Waals surface area contributed by atoms with Crippen LogP contribution in [0.25, 0.3) is 0 Å². The average molecular weight is 365 g/mol. The number of benzene rings is 1. The highest BCUT2D eigenvalue weighted by molar-refractivity contribution is 5.89. The lowest BCUT2D eigenvalue weighted by molar-refractivity contribution is -0.137. The van der Waals surface area contributed by atoms with E-state index in [1.807, 2.05) is 13.0 Å². The summed E-state index contributed by atoms with van der Waals surface area (Å²) >= 11 is 0. The van der Waals surface area contributed by atoms with Gasteiger partial charge in [0.15, 0.2) is 0 Å². The van der Waals surface area contributed by atoms with Gasteiger partial charge in [0.25, 0.3) is 0 Å². The van der Waals surface area contributed by atoms with Gasteiger partial charge in [-0.3, -0.25) is 0 Å². The lowest BCUT2D eigenvalue weighted by Gasteiger charge is -2.18. The van der Waals surface area contributed by atoms with Gasteiger partial charge < -0.3 is 15.0 Å². The number of likely N-dealkylation sites (tertiary alicyclic amines) is 1. The van der Waals surface area contributed by atoms with Gasteiger partial charge >= 0.3 is 12.2 Å². The number of urea groups is 1. The summed E-state index contributed by atoms with van der Waals surface area (Å²) in [5, 5.41) is 2.50. The molecule has 0 radical (unpaired) electrons. The van der Waals surface area contributed by atoms with Crippen LogP contribution in [-0.2, 0) is 6.18 Å². The number of carbonyl (C=O) groups excluding carboxylic acids is 1. The number of anilines is 1. The van der Waals surface area contributed by atoms with Gasteiger partial charge in [-0.1, -0.05) is 12.1 Å². The van der Waals surface area contributed by atoms with Crippen LogP contribution in [0.15, 0.2) is 42.6 Å². The molecule has 1 aromatic carbocycles. The number of alkyl halides is 3. The molecule has 1 aromatic heterocycles. The third kappa shape index (κ3) is 4.44. The van der Waals surface area contributed by atoms with E-state index in [2.05, 4.69) is 10.3 Å². The van der Waals surface area contributed by atoms with Gasteiger partial charge in [-0.15, -0.1) is 0 Å². The highest BCUT2D eigenvalue weighted by Crippen LogP contribution is 2.30. The molecule has 3 rings (SSSR count). The summed E-state index contributed by atoms with van der Waals surface area (Å²) in [6, 6.07) is 7.76. The van der Waals surface area contributed by atoms with E-state index in [4.69, 9.17) is 4.74 Å². The standard InChI is InChI=1S/C18H18F3N3O2/c1-12-5-6-16(22-10-12)26-15-7-8-24(11-15)17(25)23-14-4-2-3-13(9-14)18(19,20)21/h2-6,9-10,15H,7-8,11H2,1H3,(H,23,25). The largest absolute Gasteiger partial charge is 0.472 e. The van der Waals surface area contributed by atoms with Crippen molar-refractivity contribution in [2.24, 2.45) is 0 Å². The molecule has 5 nitrogen and oxygen atoms in total. The van der Waals surface area contributed by atoms with Crippen molar-refractivity contribution in [2.45, 2.75) is 25.6 Å². The number of aromatic nitrogens is 1. The molecule has 138 valence electrons. The quantitative estimate of drug-likeness (QED) is 0.891. The van der Waals surface area contributed by atoms with Crippen molar-refractivity contribution in [3.8, 4) is 5.88 Å². The summed E-state index contributed by atoms with van der Waals surface area (Å²) < 4.78 is 44.0. The number of halogens is 3. The first-order valence-corrected chi connectivity index (χ1v) is 8.14. The minimum Gasteiger partial charge on any atom is -0.472 e. The number of hydrogen-bond donors (Lipinski definition) is 1. The second kappa shape index (κ2) is 7.23. The van der Waals surface area contributed by atoms with Crippen LogP contribution < -0.4 is 10.1 Å². The maximum absolute atomic E-state index is 12.7. The molecule has 0 spiro atoms. The van der Waals surface area contributed by atoms with E-state index in [1.54, 1.807) is 12.3 Å². The normalized spacial score (nSPS) is 17.2. The molecule has 1 unspecified atom stereocenters. The molecular weight excluding hydrogens is 347 g/mol. The van der Waals surface area contributed by atoms with Crippen LogP contribution in [-0.4, -0.2) is 35.1 Å². The maximum Gasteiger partial charge on any atom is 0.416 e. The Labute approximate surface area is 148 Å². The lowest BCUT2D eigenvalue weighted by atomic mass is 10.2. The van der Waals surface area contributed by atoms with Crippen molar-refractivity contribution in [2.75, 3.05) is 18.4 Å². The number of amides is 2. The van der Waals surface area contributed by atoms with Crippen LogP contribution in [0.4, 0.5) is 23.7 Å². The van der Waals surface area contributed by atoms with E-state index >= 15 is 0 Å². The highest BCUT2D eigenvalue weighted by Gasteiger charge is 2.31. The van der Waals surface area contributed by atoms with Crippen molar-refractivity contribution in [1.82, 2.24) is 9.88 Å². The second-order valence-corrected chi connectivity index (χ2v) is 6.16.